The molecule has 1 aromatic heterocycles. The minimum Gasteiger partial charge on any atom is -0.476 e. The van der Waals surface area contributed by atoms with Gasteiger partial charge in [0.1, 0.15) is 16.5 Å². The van der Waals surface area contributed by atoms with E-state index in [9.17, 15) is 27.5 Å². The van der Waals surface area contributed by atoms with Crippen molar-refractivity contribution in [3.05, 3.63) is 59.5 Å². The monoisotopic (exact) mass is 599 g/mol. The number of carboxylic acid groups (broad SMARTS) is 1. The standard InChI is InChI=1S/C29H34FN5O6S/c1-3-33-13-15-34(16-14-33)42(39,40)25-18-22(31-27(36)20-7-4-5-8-20)11-12-24(25)41-28-19(2)26(29(37)38)32-35(28)23-10-6-9-21(30)17-23/h6,9-12,17-18,20H,3-5,7-8,13-16H2,1-2H3,(H,31,36)(H,37,38). The number of sulfonamides is 1. The number of aromatic carboxylic acids is 1. The van der Waals surface area contributed by atoms with Crippen molar-refractivity contribution in [2.24, 2.45) is 5.92 Å². The van der Waals surface area contributed by atoms with E-state index in [-0.39, 0.29) is 58.4 Å². The number of likely N-dealkylation sites (N-methyl/N-ethyl adjacent to an activating group) is 1. The van der Waals surface area contributed by atoms with E-state index in [1.807, 2.05) is 6.92 Å². The number of amides is 1. The van der Waals surface area contributed by atoms with Gasteiger partial charge in [-0.25, -0.2) is 17.6 Å². The number of anilines is 1. The summed E-state index contributed by atoms with van der Waals surface area (Å²) in [4.78, 5) is 26.8. The number of nitrogens with one attached hydrogen (secondary N) is 1. The van der Waals surface area contributed by atoms with Crippen molar-refractivity contribution in [1.29, 1.82) is 0 Å². The first-order valence-corrected chi connectivity index (χ1v) is 15.5. The minimum atomic E-state index is -4.10. The average Bonchev–Trinajstić information content (AvgIpc) is 3.63. The predicted octanol–water partition coefficient (Wildman–Crippen LogP) is 4.27. The van der Waals surface area contributed by atoms with E-state index in [1.165, 1.54) is 41.6 Å². The number of halogens is 1. The number of hydrogen-bond donors (Lipinski definition) is 2. The van der Waals surface area contributed by atoms with Crippen molar-refractivity contribution in [1.82, 2.24) is 19.0 Å². The fourth-order valence-electron chi connectivity index (χ4n) is 5.42. The lowest BCUT2D eigenvalue weighted by atomic mass is 10.1. The summed E-state index contributed by atoms with van der Waals surface area (Å²) in [5.41, 5.74) is 0.313. The molecule has 5 rings (SSSR count). The molecular formula is C29H34FN5O6S. The number of hydrogen-bond acceptors (Lipinski definition) is 7. The molecule has 1 saturated heterocycles. The molecule has 0 atom stereocenters. The highest BCUT2D eigenvalue weighted by Crippen LogP contribution is 2.37. The van der Waals surface area contributed by atoms with Crippen LogP contribution in [0.2, 0.25) is 0 Å². The molecule has 1 amide bonds. The van der Waals surface area contributed by atoms with Crippen molar-refractivity contribution in [2.75, 3.05) is 38.0 Å². The van der Waals surface area contributed by atoms with Crippen LogP contribution in [0.25, 0.3) is 5.69 Å². The van der Waals surface area contributed by atoms with Gasteiger partial charge in [0.15, 0.2) is 5.69 Å². The quantitative estimate of drug-likeness (QED) is 0.373. The van der Waals surface area contributed by atoms with Crippen LogP contribution >= 0.6 is 0 Å². The van der Waals surface area contributed by atoms with Gasteiger partial charge in [-0.15, -0.1) is 0 Å². The number of rotatable bonds is 9. The lowest BCUT2D eigenvalue weighted by molar-refractivity contribution is -0.119. The summed E-state index contributed by atoms with van der Waals surface area (Å²) in [5.74, 6) is -2.33. The van der Waals surface area contributed by atoms with Crippen LogP contribution in [0.3, 0.4) is 0 Å². The predicted molar refractivity (Wildman–Crippen MR) is 153 cm³/mol. The molecule has 2 N–H and O–H groups in total. The Morgan fingerprint density at radius 1 is 1.10 bits per heavy atom. The molecule has 0 bridgehead atoms. The first-order valence-electron chi connectivity index (χ1n) is 14.0. The van der Waals surface area contributed by atoms with Crippen LogP contribution < -0.4 is 10.1 Å². The number of carboxylic acids is 1. The van der Waals surface area contributed by atoms with E-state index in [1.54, 1.807) is 6.07 Å². The summed E-state index contributed by atoms with van der Waals surface area (Å²) in [5, 5.41) is 16.7. The van der Waals surface area contributed by atoms with Gasteiger partial charge in [0, 0.05) is 43.3 Å². The third kappa shape index (κ3) is 6.03. The van der Waals surface area contributed by atoms with Crippen molar-refractivity contribution >= 4 is 27.6 Å². The van der Waals surface area contributed by atoms with Crippen molar-refractivity contribution in [3.8, 4) is 17.3 Å². The van der Waals surface area contributed by atoms with Gasteiger partial charge in [0.25, 0.3) is 0 Å². The van der Waals surface area contributed by atoms with Crippen LogP contribution in [0.1, 0.15) is 48.7 Å². The Morgan fingerprint density at radius 2 is 1.81 bits per heavy atom. The van der Waals surface area contributed by atoms with Crippen LogP contribution in [0.15, 0.2) is 47.4 Å². The molecule has 2 heterocycles. The summed E-state index contributed by atoms with van der Waals surface area (Å²) >= 11 is 0. The first kappa shape index (κ1) is 29.7. The normalized spacial score (nSPS) is 16.9. The summed E-state index contributed by atoms with van der Waals surface area (Å²) in [7, 11) is -4.10. The molecule has 1 saturated carbocycles. The summed E-state index contributed by atoms with van der Waals surface area (Å²) in [6.45, 7) is 5.99. The van der Waals surface area contributed by atoms with Gasteiger partial charge >= 0.3 is 5.97 Å². The Balaban J connectivity index is 1.57. The zero-order valence-electron chi connectivity index (χ0n) is 23.5. The lowest BCUT2D eigenvalue weighted by Gasteiger charge is -2.33. The maximum Gasteiger partial charge on any atom is 0.356 e. The first-order chi connectivity index (χ1) is 20.1. The number of aromatic nitrogens is 2. The third-order valence-electron chi connectivity index (χ3n) is 7.86. The van der Waals surface area contributed by atoms with Gasteiger partial charge in [0.2, 0.25) is 21.8 Å². The highest BCUT2D eigenvalue weighted by molar-refractivity contribution is 7.89. The highest BCUT2D eigenvalue weighted by atomic mass is 32.2. The second-order valence-corrected chi connectivity index (χ2v) is 12.5. The van der Waals surface area contributed by atoms with Gasteiger partial charge < -0.3 is 20.1 Å². The van der Waals surface area contributed by atoms with Crippen molar-refractivity contribution < 1.29 is 32.2 Å². The number of benzene rings is 2. The molecule has 2 aliphatic rings. The van der Waals surface area contributed by atoms with Crippen molar-refractivity contribution in [3.63, 3.8) is 0 Å². The molecule has 1 aliphatic carbocycles. The third-order valence-corrected chi connectivity index (χ3v) is 9.78. The molecule has 1 aliphatic heterocycles. The maximum atomic E-state index is 14.1. The van der Waals surface area contributed by atoms with Gasteiger partial charge in [-0.05, 0) is 62.7 Å². The van der Waals surface area contributed by atoms with Crippen LogP contribution in [0.4, 0.5) is 10.1 Å². The number of carbonyl (C=O) groups excluding carboxylic acids is 1. The fraction of sp³-hybridized carbons (Fsp3) is 0.414. The zero-order valence-corrected chi connectivity index (χ0v) is 24.4. The molecule has 0 unspecified atom stereocenters. The zero-order chi connectivity index (χ0) is 30.0. The van der Waals surface area contributed by atoms with E-state index < -0.39 is 21.8 Å². The molecular weight excluding hydrogens is 565 g/mol. The highest BCUT2D eigenvalue weighted by Gasteiger charge is 2.33. The van der Waals surface area contributed by atoms with Crippen molar-refractivity contribution in [2.45, 2.75) is 44.4 Å². The fourth-order valence-corrected chi connectivity index (χ4v) is 6.98. The lowest BCUT2D eigenvalue weighted by Crippen LogP contribution is -2.48. The molecule has 0 spiro atoms. The van der Waals surface area contributed by atoms with Gasteiger partial charge in [-0.3, -0.25) is 4.79 Å². The Morgan fingerprint density at radius 3 is 2.45 bits per heavy atom. The number of nitrogens with zero attached hydrogens (tertiary/aromatic N) is 4. The molecule has 224 valence electrons. The van der Waals surface area contributed by atoms with E-state index in [2.05, 4.69) is 15.3 Å². The van der Waals surface area contributed by atoms with E-state index in [4.69, 9.17) is 4.74 Å². The summed E-state index contributed by atoms with van der Waals surface area (Å²) < 4.78 is 50.8. The molecule has 2 aromatic carbocycles. The Kier molecular flexibility index (Phi) is 8.62. The molecule has 11 nitrogen and oxygen atoms in total. The minimum absolute atomic E-state index is 0.0759. The average molecular weight is 600 g/mol. The maximum absolute atomic E-state index is 14.1. The Labute approximate surface area is 243 Å². The van der Waals surface area contributed by atoms with Crippen LogP contribution in [-0.4, -0.2) is 77.1 Å². The molecule has 3 aromatic rings. The van der Waals surface area contributed by atoms with Gasteiger partial charge in [-0.2, -0.15) is 14.1 Å². The molecule has 42 heavy (non-hydrogen) atoms. The largest absolute Gasteiger partial charge is 0.476 e. The summed E-state index contributed by atoms with van der Waals surface area (Å²) in [6.07, 6.45) is 3.53. The van der Waals surface area contributed by atoms with E-state index in [0.717, 1.165) is 43.0 Å². The second-order valence-electron chi connectivity index (χ2n) is 10.5. The number of carbonyl (C=O) groups is 2. The van der Waals surface area contributed by atoms with E-state index >= 15 is 0 Å². The topological polar surface area (TPSA) is 134 Å². The number of piperazine rings is 1. The van der Waals surface area contributed by atoms with Crippen LogP contribution in [-0.2, 0) is 14.8 Å². The molecule has 13 heteroatoms. The Bertz CT molecular complexity index is 1590. The smallest absolute Gasteiger partial charge is 0.356 e. The SMILES string of the molecule is CCN1CCN(S(=O)(=O)c2cc(NC(=O)C3CCCC3)ccc2Oc2c(C)c(C(=O)O)nn2-c2cccc(F)c2)CC1. The summed E-state index contributed by atoms with van der Waals surface area (Å²) in [6, 6.07) is 9.73. The second kappa shape index (κ2) is 12.2. The molecule has 2 fully saturated rings. The van der Waals surface area contributed by atoms with Gasteiger partial charge in [-0.1, -0.05) is 25.8 Å². The van der Waals surface area contributed by atoms with Gasteiger partial charge in [0.05, 0.1) is 5.69 Å². The van der Waals surface area contributed by atoms with E-state index in [0.29, 0.717) is 18.8 Å². The Hall–Kier alpha value is -3.81. The van der Waals surface area contributed by atoms with Crippen LogP contribution in [0, 0.1) is 18.7 Å². The van der Waals surface area contributed by atoms with Crippen LogP contribution in [0.5, 0.6) is 11.6 Å². The number of ether oxygens (including phenoxy) is 1. The molecule has 0 radical (unpaired) electrons.